The van der Waals surface area contributed by atoms with Gasteiger partial charge in [-0.2, -0.15) is 0 Å². The number of amides is 1. The Morgan fingerprint density at radius 3 is 2.37 bits per heavy atom. The Hall–Kier alpha value is -3.08. The van der Waals surface area contributed by atoms with Gasteiger partial charge in [0, 0.05) is 6.04 Å². The number of aliphatic hydroxyl groups excluding tert-OH is 1. The van der Waals surface area contributed by atoms with Crippen molar-refractivity contribution >= 4 is 17.4 Å². The fraction of sp³-hybridized carbons (Fsp3) is 0.360. The van der Waals surface area contributed by atoms with Gasteiger partial charge < -0.3 is 14.7 Å². The van der Waals surface area contributed by atoms with E-state index in [1.165, 1.54) is 12.7 Å². The number of para-hydroxylation sites is 1. The Morgan fingerprint density at radius 2 is 1.73 bits per heavy atom. The van der Waals surface area contributed by atoms with Gasteiger partial charge in [0.1, 0.15) is 11.5 Å². The number of nitrogens with zero attached hydrogens (tertiary/aromatic N) is 1. The lowest BCUT2D eigenvalue weighted by molar-refractivity contribution is -0.141. The van der Waals surface area contributed by atoms with Crippen LogP contribution in [0.25, 0.3) is 5.76 Å². The molecule has 2 aromatic rings. The highest BCUT2D eigenvalue weighted by atomic mass is 16.5. The first kappa shape index (κ1) is 20.2. The number of ether oxygens (including phenoxy) is 1. The number of carbonyl (C=O) groups is 2. The molecule has 2 aromatic carbocycles. The number of hydrogen-bond acceptors (Lipinski definition) is 4. The lowest BCUT2D eigenvalue weighted by Gasteiger charge is -2.31. The molecule has 5 heteroatoms. The summed E-state index contributed by atoms with van der Waals surface area (Å²) >= 11 is 0. The number of aryl methyl sites for hydroxylation is 1. The number of hydrogen-bond donors (Lipinski definition) is 1. The molecule has 1 N–H and O–H groups in total. The van der Waals surface area contributed by atoms with Gasteiger partial charge in [-0.25, -0.2) is 0 Å². The second-order valence-electron chi connectivity index (χ2n) is 7.94. The van der Waals surface area contributed by atoms with Crippen LogP contribution in [0.3, 0.4) is 0 Å². The van der Waals surface area contributed by atoms with Crippen molar-refractivity contribution in [1.29, 1.82) is 0 Å². The molecule has 1 saturated carbocycles. The smallest absolute Gasteiger partial charge is 0.295 e. The average molecular weight is 405 g/mol. The lowest BCUT2D eigenvalue weighted by atomic mass is 9.93. The molecule has 1 aliphatic heterocycles. The molecule has 30 heavy (non-hydrogen) atoms. The first-order valence-corrected chi connectivity index (χ1v) is 10.6. The summed E-state index contributed by atoms with van der Waals surface area (Å²) in [6.07, 6.45) is 4.75. The van der Waals surface area contributed by atoms with Gasteiger partial charge in [-0.3, -0.25) is 9.59 Å². The van der Waals surface area contributed by atoms with E-state index < -0.39 is 17.7 Å². The van der Waals surface area contributed by atoms with Crippen molar-refractivity contribution in [2.24, 2.45) is 0 Å². The monoisotopic (exact) mass is 405 g/mol. The van der Waals surface area contributed by atoms with Crippen molar-refractivity contribution in [2.75, 3.05) is 7.11 Å². The van der Waals surface area contributed by atoms with Gasteiger partial charge in [0.25, 0.3) is 11.7 Å². The number of benzene rings is 2. The third-order valence-corrected chi connectivity index (χ3v) is 6.26. The number of rotatable bonds is 5. The topological polar surface area (TPSA) is 66.8 Å². The number of ketones is 1. The molecule has 1 saturated heterocycles. The predicted octanol–water partition coefficient (Wildman–Crippen LogP) is 4.62. The summed E-state index contributed by atoms with van der Waals surface area (Å²) in [6.45, 7) is 2.08. The third-order valence-electron chi connectivity index (χ3n) is 6.26. The highest BCUT2D eigenvalue weighted by Crippen LogP contribution is 2.44. The maximum atomic E-state index is 13.1. The van der Waals surface area contributed by atoms with Gasteiger partial charge in [0.15, 0.2) is 0 Å². The summed E-state index contributed by atoms with van der Waals surface area (Å²) in [5, 5.41) is 11.2. The molecule has 5 nitrogen and oxygen atoms in total. The first-order valence-electron chi connectivity index (χ1n) is 10.6. The van der Waals surface area contributed by atoms with E-state index in [0.29, 0.717) is 11.3 Å². The Balaban J connectivity index is 1.89. The molecule has 156 valence electrons. The molecule has 0 spiro atoms. The zero-order chi connectivity index (χ0) is 21.3. The minimum Gasteiger partial charge on any atom is -0.507 e. The number of Topliss-reactive ketones (excluding diaryl/α,β-unsaturated/α-hetero) is 1. The zero-order valence-corrected chi connectivity index (χ0v) is 17.4. The fourth-order valence-corrected chi connectivity index (χ4v) is 4.66. The van der Waals surface area contributed by atoms with Crippen LogP contribution in [0.5, 0.6) is 5.75 Å². The van der Waals surface area contributed by atoms with Crippen LogP contribution >= 0.6 is 0 Å². The van der Waals surface area contributed by atoms with Crippen LogP contribution in [-0.2, 0) is 16.0 Å². The number of likely N-dealkylation sites (tertiary alicyclic amines) is 1. The van der Waals surface area contributed by atoms with Crippen LogP contribution < -0.4 is 4.74 Å². The second kappa shape index (κ2) is 8.34. The maximum Gasteiger partial charge on any atom is 0.295 e. The van der Waals surface area contributed by atoms with E-state index in [1.807, 2.05) is 24.3 Å². The van der Waals surface area contributed by atoms with E-state index in [1.54, 1.807) is 29.2 Å². The van der Waals surface area contributed by atoms with Crippen LogP contribution in [0, 0.1) is 0 Å². The molecule has 1 unspecified atom stereocenters. The van der Waals surface area contributed by atoms with Gasteiger partial charge in [-0.05, 0) is 42.5 Å². The largest absolute Gasteiger partial charge is 0.507 e. The van der Waals surface area contributed by atoms with Gasteiger partial charge in [-0.15, -0.1) is 0 Å². The van der Waals surface area contributed by atoms with Crippen LogP contribution in [0.15, 0.2) is 54.1 Å². The fourth-order valence-electron chi connectivity index (χ4n) is 4.66. The zero-order valence-electron chi connectivity index (χ0n) is 17.4. The van der Waals surface area contributed by atoms with Crippen LogP contribution in [0.2, 0.25) is 0 Å². The normalized spacial score (nSPS) is 21.4. The van der Waals surface area contributed by atoms with Crippen molar-refractivity contribution in [1.82, 2.24) is 4.90 Å². The van der Waals surface area contributed by atoms with E-state index in [2.05, 4.69) is 6.92 Å². The second-order valence-corrected chi connectivity index (χ2v) is 7.94. The molecular weight excluding hydrogens is 378 g/mol. The van der Waals surface area contributed by atoms with Crippen molar-refractivity contribution in [3.8, 4) is 5.75 Å². The molecule has 0 bridgehead atoms. The van der Waals surface area contributed by atoms with Crippen molar-refractivity contribution in [2.45, 2.75) is 51.1 Å². The average Bonchev–Trinajstić information content (AvgIpc) is 3.40. The maximum absolute atomic E-state index is 13.1. The SMILES string of the molecule is CCc1ccc(C2/C(=C(/O)c3ccccc3OC)C(=O)C(=O)N2C2CCCC2)cc1. The summed E-state index contributed by atoms with van der Waals surface area (Å²) in [6, 6.07) is 14.4. The highest BCUT2D eigenvalue weighted by Gasteiger charge is 2.49. The quantitative estimate of drug-likeness (QED) is 0.448. The summed E-state index contributed by atoms with van der Waals surface area (Å²) in [4.78, 5) is 27.9. The summed E-state index contributed by atoms with van der Waals surface area (Å²) in [7, 11) is 1.52. The summed E-state index contributed by atoms with van der Waals surface area (Å²) < 4.78 is 5.38. The molecule has 1 heterocycles. The van der Waals surface area contributed by atoms with Crippen LogP contribution in [0.4, 0.5) is 0 Å². The number of methoxy groups -OCH3 is 1. The molecule has 1 aliphatic carbocycles. The van der Waals surface area contributed by atoms with E-state index in [-0.39, 0.29) is 17.4 Å². The molecule has 1 amide bonds. The molecule has 1 atom stereocenters. The number of aliphatic hydroxyl groups is 1. The lowest BCUT2D eigenvalue weighted by Crippen LogP contribution is -2.37. The van der Waals surface area contributed by atoms with E-state index in [9.17, 15) is 14.7 Å². The Bertz CT molecular complexity index is 986. The van der Waals surface area contributed by atoms with Crippen molar-refractivity contribution < 1.29 is 19.4 Å². The Kier molecular flexibility index (Phi) is 5.62. The molecule has 0 aromatic heterocycles. The highest BCUT2D eigenvalue weighted by molar-refractivity contribution is 6.46. The standard InChI is InChI=1S/C25H27NO4/c1-3-16-12-14-17(15-13-16)22-21(23(27)19-10-6-7-11-20(19)30-2)24(28)25(29)26(22)18-8-4-5-9-18/h6-7,10-15,18,22,27H,3-5,8-9H2,1-2H3/b23-21-. The van der Waals surface area contributed by atoms with Crippen molar-refractivity contribution in [3.63, 3.8) is 0 Å². The van der Waals surface area contributed by atoms with Crippen LogP contribution in [-0.4, -0.2) is 34.8 Å². The summed E-state index contributed by atoms with van der Waals surface area (Å²) in [5.41, 5.74) is 2.58. The summed E-state index contributed by atoms with van der Waals surface area (Å²) in [5.74, 6) is -0.879. The Labute approximate surface area is 177 Å². The molecule has 4 rings (SSSR count). The van der Waals surface area contributed by atoms with Gasteiger partial charge in [-0.1, -0.05) is 56.2 Å². The van der Waals surface area contributed by atoms with E-state index in [0.717, 1.165) is 37.7 Å². The molecule has 0 radical (unpaired) electrons. The molecule has 2 fully saturated rings. The minimum atomic E-state index is -0.630. The Morgan fingerprint density at radius 1 is 1.07 bits per heavy atom. The van der Waals surface area contributed by atoms with E-state index in [4.69, 9.17) is 4.74 Å². The third kappa shape index (κ3) is 3.38. The van der Waals surface area contributed by atoms with E-state index >= 15 is 0 Å². The van der Waals surface area contributed by atoms with Gasteiger partial charge in [0.05, 0.1) is 24.3 Å². The van der Waals surface area contributed by atoms with Crippen LogP contribution in [0.1, 0.15) is 55.3 Å². The number of carbonyl (C=O) groups excluding carboxylic acids is 2. The molecular formula is C25H27NO4. The van der Waals surface area contributed by atoms with Gasteiger partial charge >= 0.3 is 0 Å². The molecule has 2 aliphatic rings. The van der Waals surface area contributed by atoms with Crippen molar-refractivity contribution in [3.05, 3.63) is 70.8 Å². The minimum absolute atomic E-state index is 0.0141. The van der Waals surface area contributed by atoms with Gasteiger partial charge in [0.2, 0.25) is 0 Å². The first-order chi connectivity index (χ1) is 14.6. The predicted molar refractivity (Wildman–Crippen MR) is 115 cm³/mol.